The Kier molecular flexibility index (Phi) is 4.41. The van der Waals surface area contributed by atoms with Crippen LogP contribution in [0.4, 0.5) is 10.5 Å². The molecule has 3 heterocycles. The van der Waals surface area contributed by atoms with Gasteiger partial charge in [0.2, 0.25) is 0 Å². The molecule has 3 rings (SSSR count). The summed E-state index contributed by atoms with van der Waals surface area (Å²) in [6.07, 6.45) is 4.27. The van der Waals surface area contributed by atoms with Crippen molar-refractivity contribution in [2.24, 2.45) is 5.92 Å². The van der Waals surface area contributed by atoms with Crippen molar-refractivity contribution >= 4 is 11.7 Å². The summed E-state index contributed by atoms with van der Waals surface area (Å²) >= 11 is 0. The number of amides is 2. The van der Waals surface area contributed by atoms with Gasteiger partial charge in [0.15, 0.2) is 5.76 Å². The lowest BCUT2D eigenvalue weighted by Crippen LogP contribution is -2.43. The Balaban J connectivity index is 1.80. The Hall–Kier alpha value is -2.24. The Labute approximate surface area is 135 Å². The maximum Gasteiger partial charge on any atom is 0.322 e. The molecule has 124 valence electrons. The van der Waals surface area contributed by atoms with Crippen LogP contribution in [0.15, 0.2) is 27.3 Å². The van der Waals surface area contributed by atoms with E-state index in [9.17, 15) is 4.79 Å². The van der Waals surface area contributed by atoms with Gasteiger partial charge in [-0.05, 0) is 44.2 Å². The molecule has 23 heavy (non-hydrogen) atoms. The summed E-state index contributed by atoms with van der Waals surface area (Å²) < 4.78 is 10.7. The van der Waals surface area contributed by atoms with Gasteiger partial charge in [-0.1, -0.05) is 19.0 Å². The van der Waals surface area contributed by atoms with E-state index in [1.807, 2.05) is 30.9 Å². The molecule has 1 fully saturated rings. The molecule has 2 aromatic heterocycles. The molecule has 1 aliphatic rings. The molecule has 1 N–H and O–H groups in total. The number of nitrogens with one attached hydrogen (secondary N) is 1. The molecule has 0 radical (unpaired) electrons. The predicted octanol–water partition coefficient (Wildman–Crippen LogP) is 4.14. The highest BCUT2D eigenvalue weighted by molar-refractivity contribution is 5.90. The summed E-state index contributed by atoms with van der Waals surface area (Å²) in [5.74, 6) is 2.04. The maximum atomic E-state index is 12.8. The van der Waals surface area contributed by atoms with E-state index in [1.54, 1.807) is 6.26 Å². The summed E-state index contributed by atoms with van der Waals surface area (Å²) in [5, 5.41) is 6.96. The van der Waals surface area contributed by atoms with Crippen LogP contribution in [-0.2, 0) is 6.42 Å². The molecule has 1 saturated heterocycles. The van der Waals surface area contributed by atoms with Crippen LogP contribution >= 0.6 is 0 Å². The van der Waals surface area contributed by atoms with Crippen LogP contribution in [-0.4, -0.2) is 22.6 Å². The number of anilines is 1. The van der Waals surface area contributed by atoms with E-state index in [1.165, 1.54) is 0 Å². The Morgan fingerprint density at radius 1 is 1.52 bits per heavy atom. The molecule has 0 aromatic carbocycles. The SMILES string of the molecule is CCc1noc(C)c1NC(=O)N1CCC(C)CC1c1ccco1. The number of furan rings is 1. The van der Waals surface area contributed by atoms with E-state index in [0.29, 0.717) is 30.3 Å². The molecule has 0 bridgehead atoms. The quantitative estimate of drug-likeness (QED) is 0.923. The zero-order valence-corrected chi connectivity index (χ0v) is 13.8. The summed E-state index contributed by atoms with van der Waals surface area (Å²) in [4.78, 5) is 14.7. The second kappa shape index (κ2) is 6.48. The fourth-order valence-electron chi connectivity index (χ4n) is 3.13. The van der Waals surface area contributed by atoms with Crippen LogP contribution in [0.2, 0.25) is 0 Å². The standard InChI is InChI=1S/C17H23N3O3/c1-4-13-16(12(3)23-19-13)18-17(21)20-8-7-11(2)10-14(20)15-6-5-9-22-15/h5-6,9,11,14H,4,7-8,10H2,1-3H3,(H,18,21). The number of hydrogen-bond acceptors (Lipinski definition) is 4. The summed E-state index contributed by atoms with van der Waals surface area (Å²) in [5.41, 5.74) is 1.46. The number of aromatic nitrogens is 1. The Morgan fingerprint density at radius 3 is 3.04 bits per heavy atom. The van der Waals surface area contributed by atoms with Crippen LogP contribution in [0.25, 0.3) is 0 Å². The molecule has 6 heteroatoms. The predicted molar refractivity (Wildman–Crippen MR) is 86.2 cm³/mol. The lowest BCUT2D eigenvalue weighted by molar-refractivity contribution is 0.129. The first kappa shape index (κ1) is 15.6. The molecule has 2 amide bonds. The van der Waals surface area contributed by atoms with Gasteiger partial charge in [-0.2, -0.15) is 0 Å². The van der Waals surface area contributed by atoms with E-state index in [2.05, 4.69) is 17.4 Å². The van der Waals surface area contributed by atoms with Gasteiger partial charge in [0.05, 0.1) is 12.3 Å². The Morgan fingerprint density at radius 2 is 2.35 bits per heavy atom. The van der Waals surface area contributed by atoms with Crippen molar-refractivity contribution in [1.82, 2.24) is 10.1 Å². The van der Waals surface area contributed by atoms with Crippen molar-refractivity contribution in [1.29, 1.82) is 0 Å². The van der Waals surface area contributed by atoms with E-state index >= 15 is 0 Å². The van der Waals surface area contributed by atoms with E-state index < -0.39 is 0 Å². The largest absolute Gasteiger partial charge is 0.467 e. The number of urea groups is 1. The fourth-order valence-corrected chi connectivity index (χ4v) is 3.13. The highest BCUT2D eigenvalue weighted by Gasteiger charge is 2.33. The normalized spacial score (nSPS) is 21.4. The highest BCUT2D eigenvalue weighted by Crippen LogP contribution is 2.35. The molecular weight excluding hydrogens is 294 g/mol. The summed E-state index contributed by atoms with van der Waals surface area (Å²) in [6, 6.07) is 3.65. The molecule has 0 spiro atoms. The van der Waals surface area contributed by atoms with E-state index in [0.717, 1.165) is 24.3 Å². The van der Waals surface area contributed by atoms with Gasteiger partial charge in [-0.15, -0.1) is 0 Å². The third-order valence-electron chi connectivity index (χ3n) is 4.50. The third-order valence-corrected chi connectivity index (χ3v) is 4.50. The lowest BCUT2D eigenvalue weighted by atomic mass is 9.91. The van der Waals surface area contributed by atoms with Crippen molar-refractivity contribution in [3.63, 3.8) is 0 Å². The lowest BCUT2D eigenvalue weighted by Gasteiger charge is -2.37. The van der Waals surface area contributed by atoms with Crippen molar-refractivity contribution in [2.45, 2.75) is 46.1 Å². The molecular formula is C17H23N3O3. The van der Waals surface area contributed by atoms with Crippen molar-refractivity contribution in [3.05, 3.63) is 35.6 Å². The number of piperidine rings is 1. The third kappa shape index (κ3) is 3.11. The topological polar surface area (TPSA) is 71.5 Å². The van der Waals surface area contributed by atoms with Gasteiger partial charge in [-0.25, -0.2) is 4.79 Å². The number of likely N-dealkylation sites (tertiary alicyclic amines) is 1. The van der Waals surface area contributed by atoms with Crippen molar-refractivity contribution in [2.75, 3.05) is 11.9 Å². The molecule has 6 nitrogen and oxygen atoms in total. The number of nitrogens with zero attached hydrogens (tertiary/aromatic N) is 2. The summed E-state index contributed by atoms with van der Waals surface area (Å²) in [7, 11) is 0. The number of hydrogen-bond donors (Lipinski definition) is 1. The minimum absolute atomic E-state index is 0.0287. The van der Waals surface area contributed by atoms with E-state index in [4.69, 9.17) is 8.94 Å². The first-order valence-electron chi connectivity index (χ1n) is 8.16. The van der Waals surface area contributed by atoms with Crippen LogP contribution in [0.5, 0.6) is 0 Å². The molecule has 0 saturated carbocycles. The zero-order valence-electron chi connectivity index (χ0n) is 13.8. The molecule has 2 aromatic rings. The number of rotatable bonds is 3. The van der Waals surface area contributed by atoms with Crippen LogP contribution < -0.4 is 5.32 Å². The van der Waals surface area contributed by atoms with Crippen molar-refractivity contribution < 1.29 is 13.7 Å². The smallest absolute Gasteiger partial charge is 0.322 e. The number of aryl methyl sites for hydroxylation is 2. The monoisotopic (exact) mass is 317 g/mol. The molecule has 2 unspecified atom stereocenters. The minimum Gasteiger partial charge on any atom is -0.467 e. The molecule has 0 aliphatic carbocycles. The maximum absolute atomic E-state index is 12.8. The average molecular weight is 317 g/mol. The van der Waals surface area contributed by atoms with Gasteiger partial charge >= 0.3 is 6.03 Å². The van der Waals surface area contributed by atoms with Crippen molar-refractivity contribution in [3.8, 4) is 0 Å². The van der Waals surface area contributed by atoms with Gasteiger partial charge in [0, 0.05) is 6.54 Å². The molecule has 2 atom stereocenters. The number of carbonyl (C=O) groups is 1. The fraction of sp³-hybridized carbons (Fsp3) is 0.529. The first-order chi connectivity index (χ1) is 11.1. The minimum atomic E-state index is -0.126. The van der Waals surface area contributed by atoms with Gasteiger partial charge in [0.25, 0.3) is 0 Å². The van der Waals surface area contributed by atoms with Crippen LogP contribution in [0, 0.1) is 12.8 Å². The zero-order chi connectivity index (χ0) is 16.4. The Bertz CT molecular complexity index is 663. The first-order valence-corrected chi connectivity index (χ1v) is 8.16. The number of carbonyl (C=O) groups excluding carboxylic acids is 1. The van der Waals surface area contributed by atoms with Gasteiger partial charge < -0.3 is 19.2 Å². The summed E-state index contributed by atoms with van der Waals surface area (Å²) in [6.45, 7) is 6.72. The average Bonchev–Trinajstić information content (AvgIpc) is 3.18. The van der Waals surface area contributed by atoms with Crippen LogP contribution in [0.1, 0.15) is 49.9 Å². The molecule has 1 aliphatic heterocycles. The van der Waals surface area contributed by atoms with Crippen LogP contribution in [0.3, 0.4) is 0 Å². The van der Waals surface area contributed by atoms with E-state index in [-0.39, 0.29) is 12.1 Å². The second-order valence-corrected chi connectivity index (χ2v) is 6.20. The highest BCUT2D eigenvalue weighted by atomic mass is 16.5. The van der Waals surface area contributed by atoms with Gasteiger partial charge in [-0.3, -0.25) is 0 Å². The second-order valence-electron chi connectivity index (χ2n) is 6.20. The van der Waals surface area contributed by atoms with Gasteiger partial charge in [0.1, 0.15) is 17.1 Å².